The molecule has 0 aromatic heterocycles. The van der Waals surface area contributed by atoms with Gasteiger partial charge in [0, 0.05) is 12.8 Å². The van der Waals surface area contributed by atoms with Crippen LogP contribution in [0.1, 0.15) is 131 Å². The van der Waals surface area contributed by atoms with Gasteiger partial charge in [-0.15, -0.1) is 0 Å². The quantitative estimate of drug-likeness (QED) is 0.248. The predicted molar refractivity (Wildman–Crippen MR) is 142 cm³/mol. The van der Waals surface area contributed by atoms with Crippen molar-refractivity contribution in [3.63, 3.8) is 0 Å². The van der Waals surface area contributed by atoms with Crippen LogP contribution in [0.2, 0.25) is 0 Å². The molecule has 4 aliphatic rings. The second-order valence-corrected chi connectivity index (χ2v) is 13.7. The summed E-state index contributed by atoms with van der Waals surface area (Å²) in [7, 11) is 0. The van der Waals surface area contributed by atoms with Gasteiger partial charge in [0.05, 0.1) is 0 Å². The van der Waals surface area contributed by atoms with Crippen molar-refractivity contribution in [2.24, 2.45) is 46.3 Å². The molecule has 34 heavy (non-hydrogen) atoms. The van der Waals surface area contributed by atoms with E-state index in [9.17, 15) is 4.79 Å². The van der Waals surface area contributed by atoms with Crippen molar-refractivity contribution in [3.8, 4) is 0 Å². The third-order valence-electron chi connectivity index (χ3n) is 11.3. The lowest BCUT2D eigenvalue weighted by atomic mass is 9.47. The molecule has 4 rings (SSSR count). The summed E-state index contributed by atoms with van der Waals surface area (Å²) >= 11 is 0. The van der Waals surface area contributed by atoms with Crippen LogP contribution >= 0.6 is 0 Å². The monoisotopic (exact) mass is 470 g/mol. The van der Waals surface area contributed by atoms with E-state index in [1.54, 1.807) is 5.57 Å². The fourth-order valence-electron chi connectivity index (χ4n) is 9.32. The predicted octanol–water partition coefficient (Wildman–Crippen LogP) is 9.13. The van der Waals surface area contributed by atoms with Gasteiger partial charge in [0.2, 0.25) is 0 Å². The van der Waals surface area contributed by atoms with E-state index in [0.29, 0.717) is 17.3 Å². The van der Waals surface area contributed by atoms with Gasteiger partial charge >= 0.3 is 5.97 Å². The van der Waals surface area contributed by atoms with Crippen LogP contribution < -0.4 is 0 Å². The summed E-state index contributed by atoms with van der Waals surface area (Å²) in [5.41, 5.74) is 2.54. The lowest BCUT2D eigenvalue weighted by Crippen LogP contribution is -2.51. The van der Waals surface area contributed by atoms with Gasteiger partial charge in [-0.1, -0.05) is 78.9 Å². The SMILES string of the molecule is CCCCC(=O)OC1CCC2(C)C(=CCC3C2CCC2(C)C(C(C)CCCC(C)C)CCC32)C1. The topological polar surface area (TPSA) is 26.3 Å². The minimum absolute atomic E-state index is 0.0256. The van der Waals surface area contributed by atoms with Crippen molar-refractivity contribution in [1.82, 2.24) is 0 Å². The maximum absolute atomic E-state index is 12.2. The molecule has 0 N–H and O–H groups in total. The van der Waals surface area contributed by atoms with Crippen LogP contribution in [0.25, 0.3) is 0 Å². The smallest absolute Gasteiger partial charge is 0.306 e. The summed E-state index contributed by atoms with van der Waals surface area (Å²) in [6.45, 7) is 14.7. The van der Waals surface area contributed by atoms with Crippen LogP contribution in [-0.4, -0.2) is 12.1 Å². The number of carbonyl (C=O) groups excluding carboxylic acids is 1. The molecular weight excluding hydrogens is 416 g/mol. The second kappa shape index (κ2) is 10.7. The fraction of sp³-hybridized carbons (Fsp3) is 0.906. The number of hydrogen-bond donors (Lipinski definition) is 0. The molecule has 0 aromatic carbocycles. The summed E-state index contributed by atoms with van der Waals surface area (Å²) in [6, 6.07) is 0. The van der Waals surface area contributed by atoms with Crippen molar-refractivity contribution in [3.05, 3.63) is 11.6 Å². The molecule has 0 spiro atoms. The Balaban J connectivity index is 1.41. The summed E-state index contributed by atoms with van der Waals surface area (Å²) < 4.78 is 5.92. The second-order valence-electron chi connectivity index (χ2n) is 13.7. The molecule has 0 saturated heterocycles. The average Bonchev–Trinajstić information content (AvgIpc) is 3.15. The van der Waals surface area contributed by atoms with Gasteiger partial charge in [0.15, 0.2) is 0 Å². The zero-order valence-corrected chi connectivity index (χ0v) is 23.3. The Kier molecular flexibility index (Phi) is 8.25. The Hall–Kier alpha value is -0.790. The lowest BCUT2D eigenvalue weighted by molar-refractivity contribution is -0.151. The maximum atomic E-state index is 12.2. The summed E-state index contributed by atoms with van der Waals surface area (Å²) in [5.74, 6) is 5.32. The normalized spacial score (nSPS) is 40.2. The highest BCUT2D eigenvalue weighted by Gasteiger charge is 2.59. The molecule has 3 fully saturated rings. The highest BCUT2D eigenvalue weighted by molar-refractivity contribution is 5.69. The summed E-state index contributed by atoms with van der Waals surface area (Å²) in [5, 5.41) is 0. The van der Waals surface area contributed by atoms with Gasteiger partial charge in [-0.25, -0.2) is 0 Å². The first-order valence-electron chi connectivity index (χ1n) is 15.1. The number of unbranched alkanes of at least 4 members (excludes halogenated alkanes) is 1. The Morgan fingerprint density at radius 2 is 1.82 bits per heavy atom. The Morgan fingerprint density at radius 1 is 1.03 bits per heavy atom. The van der Waals surface area contributed by atoms with Crippen molar-refractivity contribution in [2.75, 3.05) is 0 Å². The Bertz CT molecular complexity index is 737. The van der Waals surface area contributed by atoms with E-state index in [1.165, 1.54) is 57.8 Å². The average molecular weight is 471 g/mol. The number of rotatable bonds is 9. The number of allylic oxidation sites excluding steroid dienone is 1. The van der Waals surface area contributed by atoms with Crippen LogP contribution in [0.3, 0.4) is 0 Å². The number of ether oxygens (including phenoxy) is 1. The molecule has 3 saturated carbocycles. The number of hydrogen-bond acceptors (Lipinski definition) is 2. The van der Waals surface area contributed by atoms with Crippen LogP contribution in [0.5, 0.6) is 0 Å². The van der Waals surface area contributed by atoms with Crippen LogP contribution in [0.15, 0.2) is 11.6 Å². The van der Waals surface area contributed by atoms with Gasteiger partial charge in [-0.3, -0.25) is 4.79 Å². The largest absolute Gasteiger partial charge is 0.462 e. The molecule has 0 radical (unpaired) electrons. The summed E-state index contributed by atoms with van der Waals surface area (Å²) in [4.78, 5) is 12.2. The molecule has 0 amide bonds. The minimum atomic E-state index is 0.0256. The molecule has 194 valence electrons. The van der Waals surface area contributed by atoms with Gasteiger partial charge in [0.1, 0.15) is 6.10 Å². The van der Waals surface area contributed by atoms with E-state index < -0.39 is 0 Å². The van der Waals surface area contributed by atoms with Gasteiger partial charge in [0.25, 0.3) is 0 Å². The fourth-order valence-corrected chi connectivity index (χ4v) is 9.32. The molecule has 0 aromatic rings. The van der Waals surface area contributed by atoms with Crippen molar-refractivity contribution >= 4 is 5.97 Å². The standard InChI is InChI=1S/C32H54O2/c1-7-8-12-30(33)34-25-17-19-31(5)24(21-25)13-14-26-28-16-15-27(23(4)11-9-10-22(2)3)32(28,6)20-18-29(26)31/h13,22-23,25-29H,7-12,14-21H2,1-6H3. The van der Waals surface area contributed by atoms with E-state index in [2.05, 4.69) is 47.6 Å². The molecule has 2 heteroatoms. The Labute approximate surface area is 211 Å². The third-order valence-corrected chi connectivity index (χ3v) is 11.3. The first-order chi connectivity index (χ1) is 16.2. The minimum Gasteiger partial charge on any atom is -0.462 e. The Morgan fingerprint density at radius 3 is 2.56 bits per heavy atom. The van der Waals surface area contributed by atoms with E-state index in [4.69, 9.17) is 4.74 Å². The molecule has 0 bridgehead atoms. The highest BCUT2D eigenvalue weighted by Crippen LogP contribution is 2.67. The van der Waals surface area contributed by atoms with E-state index in [1.807, 2.05) is 0 Å². The molecule has 8 unspecified atom stereocenters. The molecule has 4 aliphatic carbocycles. The first kappa shape index (κ1) is 26.3. The van der Waals surface area contributed by atoms with Crippen molar-refractivity contribution in [1.29, 1.82) is 0 Å². The van der Waals surface area contributed by atoms with Gasteiger partial charge in [-0.2, -0.15) is 0 Å². The maximum Gasteiger partial charge on any atom is 0.306 e. The molecular formula is C32H54O2. The van der Waals surface area contributed by atoms with E-state index in [-0.39, 0.29) is 12.1 Å². The number of carbonyl (C=O) groups is 1. The highest BCUT2D eigenvalue weighted by atomic mass is 16.5. The van der Waals surface area contributed by atoms with Gasteiger partial charge in [-0.05, 0) is 97.7 Å². The van der Waals surface area contributed by atoms with E-state index >= 15 is 0 Å². The third kappa shape index (κ3) is 5.04. The molecule has 0 aliphatic heterocycles. The van der Waals surface area contributed by atoms with Gasteiger partial charge < -0.3 is 4.74 Å². The first-order valence-corrected chi connectivity index (χ1v) is 15.1. The summed E-state index contributed by atoms with van der Waals surface area (Å²) in [6.07, 6.45) is 19.9. The number of fused-ring (bicyclic) bond motifs is 5. The van der Waals surface area contributed by atoms with E-state index in [0.717, 1.165) is 61.2 Å². The zero-order valence-electron chi connectivity index (χ0n) is 23.3. The molecule has 8 atom stereocenters. The number of esters is 1. The van der Waals surface area contributed by atoms with Crippen LogP contribution in [0.4, 0.5) is 0 Å². The van der Waals surface area contributed by atoms with Crippen molar-refractivity contribution < 1.29 is 9.53 Å². The molecule has 0 heterocycles. The molecule has 2 nitrogen and oxygen atoms in total. The van der Waals surface area contributed by atoms with Crippen molar-refractivity contribution in [2.45, 2.75) is 138 Å². The van der Waals surface area contributed by atoms with Crippen LogP contribution in [0, 0.1) is 46.3 Å². The van der Waals surface area contributed by atoms with Crippen LogP contribution in [-0.2, 0) is 9.53 Å². The lowest BCUT2D eigenvalue weighted by Gasteiger charge is -2.58. The zero-order chi connectivity index (χ0) is 24.5.